The number of quaternary nitrogens is 1. The number of amides is 1. The van der Waals surface area contributed by atoms with Gasteiger partial charge < -0.3 is 28.8 Å². The van der Waals surface area contributed by atoms with Gasteiger partial charge in [-0.05, 0) is 83.5 Å². The van der Waals surface area contributed by atoms with Crippen LogP contribution in [-0.2, 0) is 18.4 Å². The third-order valence-electron chi connectivity index (χ3n) is 15.4. The van der Waals surface area contributed by atoms with Crippen molar-refractivity contribution in [3.05, 3.63) is 72.9 Å². The van der Waals surface area contributed by atoms with Crippen LogP contribution < -0.4 is 10.2 Å². The molecule has 0 radical (unpaired) electrons. The third kappa shape index (κ3) is 63.5. The average Bonchev–Trinajstić information content (AvgIpc) is 3.42. The molecule has 0 aliphatic rings. The van der Waals surface area contributed by atoms with E-state index in [1.165, 1.54) is 244 Å². The molecule has 468 valence electrons. The highest BCUT2D eigenvalue weighted by Crippen LogP contribution is 2.38. The maximum absolute atomic E-state index is 13.0. The lowest BCUT2D eigenvalue weighted by Crippen LogP contribution is -2.45. The minimum absolute atomic E-state index is 0.00928. The molecular weight excluding hydrogens is 1010 g/mol. The number of phosphoric acid groups is 1. The lowest BCUT2D eigenvalue weighted by molar-refractivity contribution is -0.870. The Bertz CT molecular complexity index is 1530. The van der Waals surface area contributed by atoms with Crippen molar-refractivity contribution in [1.29, 1.82) is 0 Å². The molecular formula is C71H133N2O6P. The Morgan fingerprint density at radius 3 is 1.10 bits per heavy atom. The largest absolute Gasteiger partial charge is 0.756 e. The zero-order valence-corrected chi connectivity index (χ0v) is 54.4. The van der Waals surface area contributed by atoms with E-state index in [9.17, 15) is 19.4 Å². The van der Waals surface area contributed by atoms with E-state index in [2.05, 4.69) is 79.9 Å². The standard InChI is InChI=1S/C71H133N2O6P/c1-6-8-10-12-14-16-18-20-22-24-26-27-28-29-30-31-32-33-34-35-36-37-38-39-40-41-42-43-44-45-47-49-51-53-55-57-59-61-63-65-71(75)72-69(68-79-80(76,77)78-67-66-73(3,4)5)70(74)64-62-60-58-56-54-52-50-48-46-25-23-21-19-17-15-13-11-9-7-2/h18,20,24,26,28-29,46,48,54,56,62,64,69-70,74H,6-17,19,21-23,25,27,30-45,47,49-53,55,57-61,63,65-68H2,1-5H3,(H-,72,75,76,77)/b20-18-,26-24-,29-28-,48-46+,56-54+,64-62+. The maximum Gasteiger partial charge on any atom is 0.268 e. The van der Waals surface area contributed by atoms with Crippen molar-refractivity contribution < 1.29 is 32.9 Å². The van der Waals surface area contributed by atoms with Gasteiger partial charge in [0.05, 0.1) is 39.9 Å². The number of rotatable bonds is 63. The quantitative estimate of drug-likeness (QED) is 0.0272. The summed E-state index contributed by atoms with van der Waals surface area (Å²) in [4.78, 5) is 25.6. The Morgan fingerprint density at radius 2 is 0.738 bits per heavy atom. The molecule has 0 fully saturated rings. The van der Waals surface area contributed by atoms with Crippen LogP contribution in [0.25, 0.3) is 0 Å². The van der Waals surface area contributed by atoms with Crippen LogP contribution >= 0.6 is 7.82 Å². The van der Waals surface area contributed by atoms with Crippen LogP contribution in [0.15, 0.2) is 72.9 Å². The molecule has 0 saturated carbocycles. The average molecular weight is 1140 g/mol. The topological polar surface area (TPSA) is 108 Å². The summed E-state index contributed by atoms with van der Waals surface area (Å²) in [6.07, 6.45) is 86.0. The number of hydrogen-bond acceptors (Lipinski definition) is 6. The number of allylic oxidation sites excluding steroid dienone is 11. The second kappa shape index (κ2) is 61.5. The summed E-state index contributed by atoms with van der Waals surface area (Å²) < 4.78 is 23.4. The van der Waals surface area contributed by atoms with Crippen molar-refractivity contribution in [2.24, 2.45) is 0 Å². The van der Waals surface area contributed by atoms with E-state index < -0.39 is 26.6 Å². The summed E-state index contributed by atoms with van der Waals surface area (Å²) in [6.45, 7) is 4.63. The number of nitrogens with zero attached hydrogens (tertiary/aromatic N) is 1. The van der Waals surface area contributed by atoms with Crippen LogP contribution in [0.1, 0.15) is 322 Å². The minimum Gasteiger partial charge on any atom is -0.756 e. The van der Waals surface area contributed by atoms with Crippen LogP contribution in [0.4, 0.5) is 0 Å². The van der Waals surface area contributed by atoms with E-state index in [-0.39, 0.29) is 12.5 Å². The zero-order chi connectivity index (χ0) is 58.4. The van der Waals surface area contributed by atoms with Crippen LogP contribution in [-0.4, -0.2) is 68.5 Å². The summed E-state index contributed by atoms with van der Waals surface area (Å²) in [5.41, 5.74) is 0. The van der Waals surface area contributed by atoms with Crippen molar-refractivity contribution in [3.63, 3.8) is 0 Å². The number of phosphoric ester groups is 1. The first-order valence-corrected chi connectivity index (χ1v) is 35.8. The predicted molar refractivity (Wildman–Crippen MR) is 348 cm³/mol. The Kier molecular flexibility index (Phi) is 59.9. The van der Waals surface area contributed by atoms with E-state index in [4.69, 9.17) is 9.05 Å². The second-order valence-corrected chi connectivity index (χ2v) is 25.9. The molecule has 3 unspecified atom stereocenters. The number of hydrogen-bond donors (Lipinski definition) is 2. The number of likely N-dealkylation sites (N-methyl/N-ethyl adjacent to an activating group) is 1. The highest BCUT2D eigenvalue weighted by Gasteiger charge is 2.23. The van der Waals surface area contributed by atoms with Crippen LogP contribution in [0.5, 0.6) is 0 Å². The molecule has 0 heterocycles. The van der Waals surface area contributed by atoms with E-state index >= 15 is 0 Å². The molecule has 80 heavy (non-hydrogen) atoms. The van der Waals surface area contributed by atoms with Gasteiger partial charge in [0.1, 0.15) is 13.2 Å². The molecule has 2 N–H and O–H groups in total. The fourth-order valence-corrected chi connectivity index (χ4v) is 10.7. The first kappa shape index (κ1) is 77.9. The van der Waals surface area contributed by atoms with E-state index in [0.717, 1.165) is 57.8 Å². The molecule has 0 aliphatic carbocycles. The van der Waals surface area contributed by atoms with Crippen molar-refractivity contribution in [3.8, 4) is 0 Å². The van der Waals surface area contributed by atoms with Crippen LogP contribution in [0, 0.1) is 0 Å². The summed E-state index contributed by atoms with van der Waals surface area (Å²) in [5.74, 6) is -0.207. The zero-order valence-electron chi connectivity index (χ0n) is 53.5. The summed E-state index contributed by atoms with van der Waals surface area (Å²) in [5, 5.41) is 13.9. The maximum atomic E-state index is 13.0. The van der Waals surface area contributed by atoms with Crippen molar-refractivity contribution in [2.75, 3.05) is 40.9 Å². The number of unbranched alkanes of at least 4 members (excludes halogenated alkanes) is 40. The molecule has 1 amide bonds. The Hall–Kier alpha value is -2.06. The normalized spacial score (nSPS) is 14.1. The molecule has 0 aromatic rings. The van der Waals surface area contributed by atoms with Gasteiger partial charge in [-0.2, -0.15) is 0 Å². The third-order valence-corrected chi connectivity index (χ3v) is 16.3. The van der Waals surface area contributed by atoms with E-state index in [1.807, 2.05) is 27.2 Å². The van der Waals surface area contributed by atoms with Gasteiger partial charge in [-0.25, -0.2) is 0 Å². The van der Waals surface area contributed by atoms with Crippen molar-refractivity contribution in [2.45, 2.75) is 334 Å². The van der Waals surface area contributed by atoms with E-state index in [0.29, 0.717) is 17.4 Å². The highest BCUT2D eigenvalue weighted by atomic mass is 31.2. The molecule has 8 nitrogen and oxygen atoms in total. The lowest BCUT2D eigenvalue weighted by atomic mass is 10.0. The molecule has 9 heteroatoms. The van der Waals surface area contributed by atoms with Gasteiger partial charge >= 0.3 is 0 Å². The minimum atomic E-state index is -4.61. The Morgan fingerprint density at radius 1 is 0.438 bits per heavy atom. The molecule has 3 atom stereocenters. The number of carbonyl (C=O) groups is 1. The fraction of sp³-hybridized carbons (Fsp3) is 0.817. The van der Waals surface area contributed by atoms with Gasteiger partial charge in [-0.15, -0.1) is 0 Å². The van der Waals surface area contributed by atoms with Gasteiger partial charge in [0.25, 0.3) is 7.82 Å². The predicted octanol–water partition coefficient (Wildman–Crippen LogP) is 21.1. The smallest absolute Gasteiger partial charge is 0.268 e. The Labute approximate surface area is 497 Å². The van der Waals surface area contributed by atoms with Gasteiger partial charge in [0, 0.05) is 6.42 Å². The first-order valence-electron chi connectivity index (χ1n) is 34.3. The molecule has 0 saturated heterocycles. The first-order chi connectivity index (χ1) is 39.0. The van der Waals surface area contributed by atoms with Gasteiger partial charge in [0.2, 0.25) is 5.91 Å². The molecule has 0 aromatic heterocycles. The fourth-order valence-electron chi connectivity index (χ4n) is 10.0. The van der Waals surface area contributed by atoms with Gasteiger partial charge in [-0.1, -0.05) is 305 Å². The monoisotopic (exact) mass is 1140 g/mol. The van der Waals surface area contributed by atoms with Crippen molar-refractivity contribution >= 4 is 13.7 Å². The molecule has 0 spiro atoms. The van der Waals surface area contributed by atoms with E-state index in [1.54, 1.807) is 6.08 Å². The van der Waals surface area contributed by atoms with Crippen LogP contribution in [0.2, 0.25) is 0 Å². The molecule has 0 aromatic carbocycles. The highest BCUT2D eigenvalue weighted by molar-refractivity contribution is 7.45. The number of aliphatic hydroxyl groups is 1. The summed E-state index contributed by atoms with van der Waals surface area (Å²) >= 11 is 0. The van der Waals surface area contributed by atoms with Crippen molar-refractivity contribution in [1.82, 2.24) is 5.32 Å². The number of nitrogens with one attached hydrogen (secondary N) is 1. The van der Waals surface area contributed by atoms with Gasteiger partial charge in [0.15, 0.2) is 0 Å². The molecule has 0 bridgehead atoms. The summed E-state index contributed by atoms with van der Waals surface area (Å²) in [7, 11) is 1.24. The SMILES string of the molecule is CCCCCCC/C=C\C/C=C\C/C=C\CCCCCCCCCCCCCCCCCCCCCCCCCCC(=O)NC(COP(=O)([O-])OCC[N+](C)(C)C)C(O)/C=C/CC/C=C/CC/C=C/CCCCCCCCCCC. The lowest BCUT2D eigenvalue weighted by Gasteiger charge is -2.29. The number of aliphatic hydroxyl groups excluding tert-OH is 1. The van der Waals surface area contributed by atoms with Crippen LogP contribution in [0.3, 0.4) is 0 Å². The Balaban J connectivity index is 3.99. The molecule has 0 rings (SSSR count). The number of carbonyl (C=O) groups excluding carboxylic acids is 1. The second-order valence-electron chi connectivity index (χ2n) is 24.5. The van der Waals surface area contributed by atoms with Gasteiger partial charge in [-0.3, -0.25) is 9.36 Å². The summed E-state index contributed by atoms with van der Waals surface area (Å²) in [6, 6.07) is -0.911. The molecule has 0 aliphatic heterocycles.